The summed E-state index contributed by atoms with van der Waals surface area (Å²) >= 11 is 0. The van der Waals surface area contributed by atoms with Crippen molar-refractivity contribution in [3.05, 3.63) is 53.6 Å². The molecule has 6 nitrogen and oxygen atoms in total. The molecule has 6 heteroatoms. The van der Waals surface area contributed by atoms with E-state index >= 15 is 0 Å². The van der Waals surface area contributed by atoms with Crippen LogP contribution in [-0.4, -0.2) is 49.0 Å². The predicted molar refractivity (Wildman–Crippen MR) is 128 cm³/mol. The van der Waals surface area contributed by atoms with Crippen molar-refractivity contribution in [2.45, 2.75) is 69.6 Å². The van der Waals surface area contributed by atoms with Crippen molar-refractivity contribution in [2.75, 3.05) is 24.7 Å². The average molecular weight is 451 g/mol. The average Bonchev–Trinajstić information content (AvgIpc) is 3.48. The monoisotopic (exact) mass is 450 g/mol. The van der Waals surface area contributed by atoms with E-state index in [-0.39, 0.29) is 17.8 Å². The molecule has 1 amide bonds. The van der Waals surface area contributed by atoms with E-state index in [1.54, 1.807) is 29.2 Å². The molecule has 2 aromatic rings. The van der Waals surface area contributed by atoms with E-state index in [1.807, 2.05) is 18.2 Å². The summed E-state index contributed by atoms with van der Waals surface area (Å²) in [5, 5.41) is 13.0. The van der Waals surface area contributed by atoms with Crippen LogP contribution >= 0.6 is 0 Å². The maximum atomic E-state index is 12.8. The van der Waals surface area contributed by atoms with E-state index in [9.17, 15) is 9.90 Å². The molecule has 176 valence electrons. The number of benzene rings is 2. The topological polar surface area (TPSA) is 71.0 Å². The highest BCUT2D eigenvalue weighted by molar-refractivity contribution is 6.08. The standard InChI is InChI=1S/C20H21NO4.C7H13N/c22-16-5-3-15(4-6-16)21-10-9-14-12-17(7-8-19(14)20(21)23)25-13-18-2-1-11-24-18;1-2-6-4-5-7(3-1)8-6/h3-8,12,18,22H,1-2,9-11,13H2;6-8H,1-5H2/t18-;/m0./s1. The molecule has 0 radical (unpaired) electrons. The molecule has 4 aliphatic heterocycles. The lowest BCUT2D eigenvalue weighted by Gasteiger charge is -2.29. The second-order valence-electron chi connectivity index (χ2n) is 9.56. The molecule has 0 aliphatic carbocycles. The van der Waals surface area contributed by atoms with Crippen molar-refractivity contribution < 1.29 is 19.4 Å². The minimum atomic E-state index is -0.0161. The molecule has 4 aliphatic rings. The van der Waals surface area contributed by atoms with Gasteiger partial charge in [0.15, 0.2) is 0 Å². The molecular formula is C27H34N2O4. The number of carbonyl (C=O) groups is 1. The molecule has 33 heavy (non-hydrogen) atoms. The van der Waals surface area contributed by atoms with Crippen molar-refractivity contribution in [2.24, 2.45) is 0 Å². The molecule has 3 atom stereocenters. The summed E-state index contributed by atoms with van der Waals surface area (Å²) in [6.07, 6.45) is 10.4. The van der Waals surface area contributed by atoms with Crippen LogP contribution in [0.25, 0.3) is 0 Å². The van der Waals surface area contributed by atoms with Crippen LogP contribution in [0, 0.1) is 0 Å². The van der Waals surface area contributed by atoms with Crippen LogP contribution < -0.4 is 15.0 Å². The number of phenolic OH excluding ortho intramolecular Hbond substituents is 1. The van der Waals surface area contributed by atoms with Gasteiger partial charge in [0.2, 0.25) is 0 Å². The number of anilines is 1. The van der Waals surface area contributed by atoms with Crippen molar-refractivity contribution in [3.63, 3.8) is 0 Å². The molecule has 0 spiro atoms. The normalized spacial score (nSPS) is 25.9. The zero-order chi connectivity index (χ0) is 22.6. The van der Waals surface area contributed by atoms with E-state index in [0.717, 1.165) is 55.0 Å². The predicted octanol–water partition coefficient (Wildman–Crippen LogP) is 4.44. The van der Waals surface area contributed by atoms with E-state index in [1.165, 1.54) is 32.1 Å². The Hall–Kier alpha value is -2.57. The Morgan fingerprint density at radius 2 is 1.79 bits per heavy atom. The number of piperidine rings is 1. The number of ether oxygens (including phenoxy) is 2. The maximum Gasteiger partial charge on any atom is 0.258 e. The molecule has 2 bridgehead atoms. The fourth-order valence-electron chi connectivity index (χ4n) is 5.37. The molecule has 6 rings (SSSR count). The Kier molecular flexibility index (Phi) is 6.83. The number of hydrogen-bond acceptors (Lipinski definition) is 5. The SMILES string of the molecule is C1CC2CCC(C1)N2.O=C1c2ccc(OC[C@@H]3CCCO3)cc2CCN1c1ccc(O)cc1. The van der Waals surface area contributed by atoms with Gasteiger partial charge < -0.3 is 24.8 Å². The molecular weight excluding hydrogens is 416 g/mol. The fraction of sp³-hybridized carbons (Fsp3) is 0.519. The Balaban J connectivity index is 0.000000238. The molecule has 4 heterocycles. The number of fused-ring (bicyclic) bond motifs is 3. The number of phenols is 1. The minimum absolute atomic E-state index is 0.0161. The zero-order valence-corrected chi connectivity index (χ0v) is 19.2. The number of amides is 1. The van der Waals surface area contributed by atoms with Crippen LogP contribution in [0.3, 0.4) is 0 Å². The highest BCUT2D eigenvalue weighted by Crippen LogP contribution is 2.29. The quantitative estimate of drug-likeness (QED) is 0.721. The van der Waals surface area contributed by atoms with Crippen LogP contribution in [-0.2, 0) is 11.2 Å². The van der Waals surface area contributed by atoms with Gasteiger partial charge in [-0.3, -0.25) is 4.79 Å². The largest absolute Gasteiger partial charge is 0.508 e. The Labute approximate surface area is 195 Å². The molecule has 3 fully saturated rings. The fourth-order valence-corrected chi connectivity index (χ4v) is 5.37. The van der Waals surface area contributed by atoms with Gasteiger partial charge in [0.25, 0.3) is 5.91 Å². The minimum Gasteiger partial charge on any atom is -0.508 e. The highest BCUT2D eigenvalue weighted by Gasteiger charge is 2.27. The van der Waals surface area contributed by atoms with Crippen LogP contribution in [0.4, 0.5) is 5.69 Å². The first-order valence-electron chi connectivity index (χ1n) is 12.4. The van der Waals surface area contributed by atoms with Gasteiger partial charge >= 0.3 is 0 Å². The Morgan fingerprint density at radius 1 is 1.00 bits per heavy atom. The first kappa shape index (κ1) is 22.2. The summed E-state index contributed by atoms with van der Waals surface area (Å²) in [6.45, 7) is 2.00. The number of aromatic hydroxyl groups is 1. The van der Waals surface area contributed by atoms with Crippen LogP contribution in [0.15, 0.2) is 42.5 Å². The number of carbonyl (C=O) groups excluding carboxylic acids is 1. The third-order valence-electron chi connectivity index (χ3n) is 7.22. The Morgan fingerprint density at radius 3 is 2.48 bits per heavy atom. The second-order valence-corrected chi connectivity index (χ2v) is 9.56. The first-order chi connectivity index (χ1) is 16.2. The number of nitrogens with one attached hydrogen (secondary N) is 1. The lowest BCUT2D eigenvalue weighted by molar-refractivity contribution is 0.0679. The van der Waals surface area contributed by atoms with E-state index in [0.29, 0.717) is 18.7 Å². The molecule has 3 saturated heterocycles. The first-order valence-corrected chi connectivity index (χ1v) is 12.4. The lowest BCUT2D eigenvalue weighted by Crippen LogP contribution is -2.37. The van der Waals surface area contributed by atoms with Crippen molar-refractivity contribution in [1.29, 1.82) is 0 Å². The number of nitrogens with zero attached hydrogens (tertiary/aromatic N) is 1. The third kappa shape index (κ3) is 5.33. The van der Waals surface area contributed by atoms with Crippen LogP contribution in [0.5, 0.6) is 11.5 Å². The molecule has 0 aromatic heterocycles. The molecule has 0 saturated carbocycles. The summed E-state index contributed by atoms with van der Waals surface area (Å²) < 4.78 is 11.4. The summed E-state index contributed by atoms with van der Waals surface area (Å²) in [6, 6.07) is 14.2. The third-order valence-corrected chi connectivity index (χ3v) is 7.22. The van der Waals surface area contributed by atoms with Crippen molar-refractivity contribution in [1.82, 2.24) is 5.32 Å². The summed E-state index contributed by atoms with van der Waals surface area (Å²) in [5.41, 5.74) is 2.53. The van der Waals surface area contributed by atoms with E-state index < -0.39 is 0 Å². The Bertz CT molecular complexity index is 941. The van der Waals surface area contributed by atoms with Gasteiger partial charge in [0.05, 0.1) is 6.10 Å². The summed E-state index contributed by atoms with van der Waals surface area (Å²) in [4.78, 5) is 14.5. The summed E-state index contributed by atoms with van der Waals surface area (Å²) in [7, 11) is 0. The van der Waals surface area contributed by atoms with E-state index in [2.05, 4.69) is 5.32 Å². The van der Waals surface area contributed by atoms with Crippen molar-refractivity contribution >= 4 is 11.6 Å². The molecule has 2 unspecified atom stereocenters. The number of rotatable bonds is 4. The molecule has 2 N–H and O–H groups in total. The van der Waals surface area contributed by atoms with Crippen LogP contribution in [0.2, 0.25) is 0 Å². The van der Waals surface area contributed by atoms with Gasteiger partial charge in [-0.2, -0.15) is 0 Å². The smallest absolute Gasteiger partial charge is 0.258 e. The maximum absolute atomic E-state index is 12.8. The van der Waals surface area contributed by atoms with E-state index in [4.69, 9.17) is 9.47 Å². The van der Waals surface area contributed by atoms with Crippen molar-refractivity contribution in [3.8, 4) is 11.5 Å². The second kappa shape index (κ2) is 10.1. The summed E-state index contributed by atoms with van der Waals surface area (Å²) in [5.74, 6) is 0.972. The van der Waals surface area contributed by atoms with Gasteiger partial charge in [0, 0.05) is 36.5 Å². The van der Waals surface area contributed by atoms with Gasteiger partial charge in [-0.05, 0) is 93.0 Å². The lowest BCUT2D eigenvalue weighted by atomic mass is 9.98. The number of hydrogen-bond donors (Lipinski definition) is 2. The molecule has 2 aromatic carbocycles. The van der Waals surface area contributed by atoms with Crippen LogP contribution in [0.1, 0.15) is 60.9 Å². The van der Waals surface area contributed by atoms with Gasteiger partial charge in [-0.1, -0.05) is 6.42 Å². The highest BCUT2D eigenvalue weighted by atomic mass is 16.5. The van der Waals surface area contributed by atoms with Gasteiger partial charge in [0.1, 0.15) is 18.1 Å². The van der Waals surface area contributed by atoms with Gasteiger partial charge in [-0.25, -0.2) is 0 Å². The van der Waals surface area contributed by atoms with Gasteiger partial charge in [-0.15, -0.1) is 0 Å². The zero-order valence-electron chi connectivity index (χ0n) is 19.2.